The second-order valence-electron chi connectivity index (χ2n) is 4.55. The molecule has 0 amide bonds. The van der Waals surface area contributed by atoms with Gasteiger partial charge in [0.25, 0.3) is 0 Å². The fourth-order valence-electron chi connectivity index (χ4n) is 1.64. The Kier molecular flexibility index (Phi) is 5.63. The van der Waals surface area contributed by atoms with E-state index in [-0.39, 0.29) is 24.1 Å². The van der Waals surface area contributed by atoms with Crippen molar-refractivity contribution in [3.05, 3.63) is 28.2 Å². The van der Waals surface area contributed by atoms with Gasteiger partial charge in [0.05, 0.1) is 6.61 Å². The van der Waals surface area contributed by atoms with Crippen molar-refractivity contribution >= 4 is 27.7 Å². The Balaban J connectivity index is 1.80. The Hall–Kier alpha value is -0.400. The van der Waals surface area contributed by atoms with E-state index < -0.39 is 5.51 Å². The Morgan fingerprint density at radius 2 is 2.10 bits per heavy atom. The van der Waals surface area contributed by atoms with Crippen LogP contribution >= 0.6 is 27.7 Å². The van der Waals surface area contributed by atoms with Crippen molar-refractivity contribution < 1.29 is 17.9 Å². The summed E-state index contributed by atoms with van der Waals surface area (Å²) in [5.74, 6) is 0.499. The van der Waals surface area contributed by atoms with Crippen LogP contribution in [0.1, 0.15) is 18.4 Å². The summed E-state index contributed by atoms with van der Waals surface area (Å²) in [7, 11) is 0. The molecule has 0 saturated heterocycles. The maximum absolute atomic E-state index is 12.0. The highest BCUT2D eigenvalue weighted by molar-refractivity contribution is 9.10. The first kappa shape index (κ1) is 16.0. The highest BCUT2D eigenvalue weighted by Gasteiger charge is 2.27. The number of hydrogen-bond acceptors (Lipinski definition) is 3. The summed E-state index contributed by atoms with van der Waals surface area (Å²) in [5, 5.41) is 3.39. The predicted molar refractivity (Wildman–Crippen MR) is 78.0 cm³/mol. The molecule has 112 valence electrons. The number of alkyl halides is 3. The Labute approximate surface area is 128 Å². The highest BCUT2D eigenvalue weighted by atomic mass is 79.9. The zero-order valence-electron chi connectivity index (χ0n) is 10.7. The fraction of sp³-hybridized carbons (Fsp3) is 0.538. The number of nitrogens with one attached hydrogen (secondary N) is 1. The molecule has 0 heterocycles. The van der Waals surface area contributed by atoms with Gasteiger partial charge < -0.3 is 10.1 Å². The summed E-state index contributed by atoms with van der Waals surface area (Å²) in [4.78, 5) is 0. The first-order valence-electron chi connectivity index (χ1n) is 6.29. The van der Waals surface area contributed by atoms with E-state index in [9.17, 15) is 13.2 Å². The van der Waals surface area contributed by atoms with E-state index in [0.717, 1.165) is 16.6 Å². The van der Waals surface area contributed by atoms with Crippen LogP contribution in [0, 0.1) is 0 Å². The van der Waals surface area contributed by atoms with Crippen molar-refractivity contribution in [2.75, 3.05) is 12.4 Å². The lowest BCUT2D eigenvalue weighted by molar-refractivity contribution is -0.0329. The van der Waals surface area contributed by atoms with Gasteiger partial charge in [-0.3, -0.25) is 0 Å². The number of halogens is 4. The summed E-state index contributed by atoms with van der Waals surface area (Å²) < 4.78 is 42.2. The molecule has 0 aromatic heterocycles. The number of benzene rings is 1. The molecule has 0 radical (unpaired) electrons. The van der Waals surface area contributed by atoms with Crippen LogP contribution in [0.25, 0.3) is 0 Å². The van der Waals surface area contributed by atoms with Gasteiger partial charge in [-0.05, 0) is 48.4 Å². The average molecular weight is 370 g/mol. The molecule has 2 rings (SSSR count). The average Bonchev–Trinajstić information content (AvgIpc) is 3.17. The van der Waals surface area contributed by atoms with Crippen LogP contribution < -0.4 is 10.1 Å². The molecular weight excluding hydrogens is 355 g/mol. The number of ether oxygens (including phenoxy) is 1. The van der Waals surface area contributed by atoms with Crippen molar-refractivity contribution in [2.45, 2.75) is 30.9 Å². The smallest absolute Gasteiger partial charge is 0.441 e. The highest BCUT2D eigenvalue weighted by Crippen LogP contribution is 2.30. The molecule has 1 aliphatic carbocycles. The van der Waals surface area contributed by atoms with Gasteiger partial charge in [0.2, 0.25) is 0 Å². The number of thioether (sulfide) groups is 1. The van der Waals surface area contributed by atoms with Gasteiger partial charge in [0, 0.05) is 22.8 Å². The van der Waals surface area contributed by atoms with Crippen molar-refractivity contribution in [2.24, 2.45) is 0 Å². The molecule has 0 unspecified atom stereocenters. The first-order chi connectivity index (χ1) is 9.44. The molecule has 1 N–H and O–H groups in total. The predicted octanol–water partition coefficient (Wildman–Crippen LogP) is 4.33. The SMILES string of the molecule is FC(F)(F)SCCOc1ccc(Br)c(CNC2CC2)c1. The van der Waals surface area contributed by atoms with Crippen LogP contribution in [0.3, 0.4) is 0 Å². The minimum absolute atomic E-state index is 0.0430. The summed E-state index contributed by atoms with van der Waals surface area (Å²) in [6.07, 6.45) is 2.42. The third-order valence-electron chi connectivity index (χ3n) is 2.79. The molecule has 0 bridgehead atoms. The molecule has 20 heavy (non-hydrogen) atoms. The third-order valence-corrected chi connectivity index (χ3v) is 4.27. The van der Waals surface area contributed by atoms with Gasteiger partial charge in [0.15, 0.2) is 0 Å². The van der Waals surface area contributed by atoms with E-state index in [0.29, 0.717) is 11.8 Å². The van der Waals surface area contributed by atoms with Crippen LogP contribution in [0.4, 0.5) is 13.2 Å². The van der Waals surface area contributed by atoms with Crippen molar-refractivity contribution in [1.82, 2.24) is 5.32 Å². The van der Waals surface area contributed by atoms with E-state index >= 15 is 0 Å². The summed E-state index contributed by atoms with van der Waals surface area (Å²) in [5.41, 5.74) is -3.14. The van der Waals surface area contributed by atoms with Crippen LogP contribution in [-0.2, 0) is 6.54 Å². The van der Waals surface area contributed by atoms with Gasteiger partial charge in [-0.2, -0.15) is 13.2 Å². The molecular formula is C13H15BrF3NOS. The standard InChI is InChI=1S/C13H15BrF3NOS/c14-12-4-3-11(19-5-6-20-13(15,16)17)7-9(12)8-18-10-1-2-10/h3-4,7,10,18H,1-2,5-6,8H2. The van der Waals surface area contributed by atoms with Gasteiger partial charge in [-0.25, -0.2) is 0 Å². The van der Waals surface area contributed by atoms with Crippen LogP contribution in [-0.4, -0.2) is 23.9 Å². The van der Waals surface area contributed by atoms with Crippen LogP contribution in [0.15, 0.2) is 22.7 Å². The van der Waals surface area contributed by atoms with Gasteiger partial charge in [-0.15, -0.1) is 0 Å². The number of rotatable bonds is 7. The van der Waals surface area contributed by atoms with Crippen LogP contribution in [0.5, 0.6) is 5.75 Å². The van der Waals surface area contributed by atoms with Gasteiger partial charge >= 0.3 is 5.51 Å². The van der Waals surface area contributed by atoms with E-state index in [4.69, 9.17) is 4.74 Å². The van der Waals surface area contributed by atoms with Crippen LogP contribution in [0.2, 0.25) is 0 Å². The lowest BCUT2D eigenvalue weighted by Crippen LogP contribution is -2.15. The molecule has 7 heteroatoms. The molecule has 1 saturated carbocycles. The zero-order chi connectivity index (χ0) is 14.6. The van der Waals surface area contributed by atoms with Crippen molar-refractivity contribution in [3.8, 4) is 5.75 Å². The third kappa shape index (κ3) is 5.93. The zero-order valence-corrected chi connectivity index (χ0v) is 13.1. The lowest BCUT2D eigenvalue weighted by atomic mass is 10.2. The molecule has 0 spiro atoms. The second-order valence-corrected chi connectivity index (χ2v) is 6.57. The quantitative estimate of drug-likeness (QED) is 0.722. The number of hydrogen-bond donors (Lipinski definition) is 1. The molecule has 0 aliphatic heterocycles. The topological polar surface area (TPSA) is 21.3 Å². The minimum atomic E-state index is -4.19. The van der Waals surface area contributed by atoms with Gasteiger partial charge in [0.1, 0.15) is 5.75 Å². The minimum Gasteiger partial charge on any atom is -0.493 e. The Bertz CT molecular complexity index is 452. The van der Waals surface area contributed by atoms with E-state index in [1.165, 1.54) is 12.8 Å². The van der Waals surface area contributed by atoms with E-state index in [1.807, 2.05) is 12.1 Å². The maximum Gasteiger partial charge on any atom is 0.441 e. The summed E-state index contributed by atoms with van der Waals surface area (Å²) in [6, 6.07) is 6.08. The first-order valence-corrected chi connectivity index (χ1v) is 8.07. The normalized spacial score (nSPS) is 15.4. The van der Waals surface area contributed by atoms with E-state index in [1.54, 1.807) is 6.07 Å². The Morgan fingerprint density at radius 1 is 1.35 bits per heavy atom. The van der Waals surface area contributed by atoms with E-state index in [2.05, 4.69) is 21.2 Å². The fourth-order valence-corrected chi connectivity index (χ4v) is 2.42. The molecule has 1 aromatic rings. The van der Waals surface area contributed by atoms with Gasteiger partial charge in [-0.1, -0.05) is 15.9 Å². The molecule has 0 atom stereocenters. The summed E-state index contributed by atoms with van der Waals surface area (Å²) in [6.45, 7) is 0.779. The summed E-state index contributed by atoms with van der Waals surface area (Å²) >= 11 is 3.40. The second kappa shape index (κ2) is 7.04. The molecule has 2 nitrogen and oxygen atoms in total. The lowest BCUT2D eigenvalue weighted by Gasteiger charge is -2.11. The Morgan fingerprint density at radius 3 is 2.75 bits per heavy atom. The molecule has 1 fully saturated rings. The monoisotopic (exact) mass is 369 g/mol. The molecule has 1 aromatic carbocycles. The largest absolute Gasteiger partial charge is 0.493 e. The maximum atomic E-state index is 12.0. The molecule has 1 aliphatic rings. The van der Waals surface area contributed by atoms with Crippen molar-refractivity contribution in [3.63, 3.8) is 0 Å². The van der Waals surface area contributed by atoms with Crippen molar-refractivity contribution in [1.29, 1.82) is 0 Å².